The van der Waals surface area contributed by atoms with E-state index in [1.807, 2.05) is 13.0 Å². The first kappa shape index (κ1) is 13.8. The molecule has 3 atom stereocenters. The molecule has 2 rings (SSSR count). The lowest BCUT2D eigenvalue weighted by Crippen LogP contribution is -2.41. The third-order valence-corrected chi connectivity index (χ3v) is 4.49. The predicted molar refractivity (Wildman–Crippen MR) is 71.1 cm³/mol. The van der Waals surface area contributed by atoms with Crippen LogP contribution in [0.25, 0.3) is 0 Å². The van der Waals surface area contributed by atoms with Crippen LogP contribution >= 0.6 is 0 Å². The van der Waals surface area contributed by atoms with E-state index >= 15 is 0 Å². The molecule has 102 valence electrons. The Morgan fingerprint density at radius 3 is 2.61 bits per heavy atom. The molecule has 0 radical (unpaired) electrons. The quantitative estimate of drug-likeness (QED) is 0.556. The summed E-state index contributed by atoms with van der Waals surface area (Å²) in [6.45, 7) is 8.33. The first-order valence-corrected chi connectivity index (χ1v) is 6.73. The minimum absolute atomic E-state index is 0.0123. The molecule has 0 fully saturated rings. The van der Waals surface area contributed by atoms with Crippen molar-refractivity contribution in [3.63, 3.8) is 0 Å². The summed E-state index contributed by atoms with van der Waals surface area (Å²) in [5, 5.41) is 19.5. The van der Waals surface area contributed by atoms with E-state index in [2.05, 4.69) is 26.8 Å². The summed E-state index contributed by atoms with van der Waals surface area (Å²) in [4.78, 5) is 4.98. The van der Waals surface area contributed by atoms with Crippen LogP contribution in [-0.4, -0.2) is 22.1 Å². The average molecular weight is 252 g/mol. The van der Waals surface area contributed by atoms with Gasteiger partial charge in [0.25, 0.3) is 0 Å². The topological polar surface area (TPSA) is 49.7 Å². The molecule has 0 aromatic rings. The van der Waals surface area contributed by atoms with Crippen LogP contribution in [0.15, 0.2) is 23.3 Å². The van der Waals surface area contributed by atoms with Crippen LogP contribution in [0.3, 0.4) is 0 Å². The van der Waals surface area contributed by atoms with E-state index < -0.39 is 5.60 Å². The second kappa shape index (κ2) is 4.48. The standard InChI is InChI=1S/C15H24O3/c1-10-7-12-8-14(3,4)9-15(12,18-17)11(2)5-6-13(10)16/h7-8,11,13,16-17H,5-6,9H2,1-4H3/t11-,13+,15-/m1/s1. The van der Waals surface area contributed by atoms with Crippen molar-refractivity contribution in [1.82, 2.24) is 0 Å². The predicted octanol–water partition coefficient (Wildman–Crippen LogP) is 3.31. The lowest BCUT2D eigenvalue weighted by atomic mass is 9.75. The molecule has 0 aromatic heterocycles. The molecule has 0 saturated carbocycles. The normalized spacial score (nSPS) is 39.4. The van der Waals surface area contributed by atoms with Gasteiger partial charge in [0.05, 0.1) is 6.10 Å². The fourth-order valence-electron chi connectivity index (χ4n) is 3.38. The number of allylic oxidation sites excluding steroid dienone is 1. The molecule has 0 saturated heterocycles. The average Bonchev–Trinajstić information content (AvgIpc) is 2.56. The van der Waals surface area contributed by atoms with E-state index in [9.17, 15) is 10.4 Å². The second-order valence-corrected chi connectivity index (χ2v) is 6.63. The molecule has 0 amide bonds. The highest BCUT2D eigenvalue weighted by molar-refractivity contribution is 5.40. The molecular weight excluding hydrogens is 228 g/mol. The molecule has 18 heavy (non-hydrogen) atoms. The van der Waals surface area contributed by atoms with E-state index in [1.165, 1.54) is 0 Å². The van der Waals surface area contributed by atoms with Gasteiger partial charge in [0.15, 0.2) is 0 Å². The second-order valence-electron chi connectivity index (χ2n) is 6.63. The van der Waals surface area contributed by atoms with E-state index in [-0.39, 0.29) is 17.4 Å². The summed E-state index contributed by atoms with van der Waals surface area (Å²) in [6, 6.07) is 0. The van der Waals surface area contributed by atoms with Crippen LogP contribution in [0, 0.1) is 11.3 Å². The van der Waals surface area contributed by atoms with Crippen LogP contribution in [-0.2, 0) is 4.89 Å². The monoisotopic (exact) mass is 252 g/mol. The third-order valence-electron chi connectivity index (χ3n) is 4.49. The smallest absolute Gasteiger partial charge is 0.131 e. The Balaban J connectivity index is 2.50. The summed E-state index contributed by atoms with van der Waals surface area (Å²) in [5.41, 5.74) is 1.37. The first-order valence-electron chi connectivity index (χ1n) is 6.73. The summed E-state index contributed by atoms with van der Waals surface area (Å²) < 4.78 is 0. The third kappa shape index (κ3) is 2.15. The van der Waals surface area contributed by atoms with Gasteiger partial charge in [-0.05, 0) is 48.7 Å². The minimum Gasteiger partial charge on any atom is -0.389 e. The van der Waals surface area contributed by atoms with Gasteiger partial charge in [-0.3, -0.25) is 5.26 Å². The summed E-state index contributed by atoms with van der Waals surface area (Å²) >= 11 is 0. The number of aliphatic hydroxyl groups excluding tert-OH is 1. The largest absolute Gasteiger partial charge is 0.389 e. The fraction of sp³-hybridized carbons (Fsp3) is 0.733. The summed E-state index contributed by atoms with van der Waals surface area (Å²) in [5.74, 6) is 0.189. The maximum atomic E-state index is 10.0. The zero-order valence-corrected chi connectivity index (χ0v) is 11.7. The fourth-order valence-corrected chi connectivity index (χ4v) is 3.38. The van der Waals surface area contributed by atoms with Crippen molar-refractivity contribution in [3.8, 4) is 0 Å². The van der Waals surface area contributed by atoms with Crippen molar-refractivity contribution in [2.45, 2.75) is 58.7 Å². The van der Waals surface area contributed by atoms with E-state index in [4.69, 9.17) is 4.89 Å². The Morgan fingerprint density at radius 2 is 2.00 bits per heavy atom. The van der Waals surface area contributed by atoms with Gasteiger partial charge < -0.3 is 5.11 Å². The molecule has 2 N–H and O–H groups in total. The van der Waals surface area contributed by atoms with Crippen LogP contribution in [0.2, 0.25) is 0 Å². The lowest BCUT2D eigenvalue weighted by Gasteiger charge is -2.37. The van der Waals surface area contributed by atoms with Gasteiger partial charge in [-0.1, -0.05) is 32.9 Å². The van der Waals surface area contributed by atoms with Gasteiger partial charge in [-0.15, -0.1) is 0 Å². The Labute approximate surface area is 109 Å². The Bertz CT molecular complexity index is 395. The molecule has 2 aliphatic carbocycles. The van der Waals surface area contributed by atoms with E-state index in [0.29, 0.717) is 0 Å². The molecular formula is C15H24O3. The van der Waals surface area contributed by atoms with Crippen molar-refractivity contribution in [1.29, 1.82) is 0 Å². The zero-order valence-electron chi connectivity index (χ0n) is 11.7. The number of hydrogen-bond acceptors (Lipinski definition) is 3. The van der Waals surface area contributed by atoms with E-state index in [0.717, 1.165) is 30.4 Å². The van der Waals surface area contributed by atoms with Crippen LogP contribution in [0.5, 0.6) is 0 Å². The lowest BCUT2D eigenvalue weighted by molar-refractivity contribution is -0.326. The van der Waals surface area contributed by atoms with Gasteiger partial charge in [-0.2, -0.15) is 0 Å². The maximum absolute atomic E-state index is 10.0. The molecule has 0 bridgehead atoms. The molecule has 3 nitrogen and oxygen atoms in total. The van der Waals surface area contributed by atoms with Crippen molar-refractivity contribution in [2.75, 3.05) is 0 Å². The molecule has 3 heteroatoms. The van der Waals surface area contributed by atoms with Crippen molar-refractivity contribution in [2.24, 2.45) is 11.3 Å². The molecule has 0 unspecified atom stereocenters. The SMILES string of the molecule is CC1=CC2=CC(C)(C)C[C@@]2(OO)[C@H](C)CC[C@@H]1O. The highest BCUT2D eigenvalue weighted by Gasteiger charge is 2.50. The van der Waals surface area contributed by atoms with Crippen LogP contribution < -0.4 is 0 Å². The first-order chi connectivity index (χ1) is 8.31. The van der Waals surface area contributed by atoms with Crippen LogP contribution in [0.1, 0.15) is 47.0 Å². The number of rotatable bonds is 1. The summed E-state index contributed by atoms with van der Waals surface area (Å²) in [6.07, 6.45) is 6.14. The highest BCUT2D eigenvalue weighted by atomic mass is 17.1. The van der Waals surface area contributed by atoms with Gasteiger partial charge >= 0.3 is 0 Å². The van der Waals surface area contributed by atoms with E-state index in [1.54, 1.807) is 0 Å². The number of fused-ring (bicyclic) bond motifs is 1. The van der Waals surface area contributed by atoms with Crippen molar-refractivity contribution in [3.05, 3.63) is 23.3 Å². The van der Waals surface area contributed by atoms with Gasteiger partial charge in [0.2, 0.25) is 0 Å². The molecule has 0 aromatic carbocycles. The number of hydrogen-bond donors (Lipinski definition) is 2. The van der Waals surface area contributed by atoms with Crippen LogP contribution in [0.4, 0.5) is 0 Å². The van der Waals surface area contributed by atoms with Crippen molar-refractivity contribution < 1.29 is 15.3 Å². The Kier molecular flexibility index (Phi) is 3.43. The summed E-state index contributed by atoms with van der Waals surface area (Å²) in [7, 11) is 0. The maximum Gasteiger partial charge on any atom is 0.131 e. The molecule has 0 aliphatic heterocycles. The highest BCUT2D eigenvalue weighted by Crippen LogP contribution is 2.51. The van der Waals surface area contributed by atoms with Gasteiger partial charge in [-0.25, -0.2) is 4.89 Å². The zero-order chi connectivity index (χ0) is 13.6. The Morgan fingerprint density at radius 1 is 1.33 bits per heavy atom. The Hall–Kier alpha value is -0.640. The molecule has 2 aliphatic rings. The van der Waals surface area contributed by atoms with Gasteiger partial charge in [0.1, 0.15) is 5.60 Å². The van der Waals surface area contributed by atoms with Gasteiger partial charge in [0, 0.05) is 0 Å². The molecule has 0 spiro atoms. The molecule has 0 heterocycles. The van der Waals surface area contributed by atoms with Crippen molar-refractivity contribution >= 4 is 0 Å². The minimum atomic E-state index is -0.606. The number of aliphatic hydroxyl groups is 1.